The van der Waals surface area contributed by atoms with Crippen LogP contribution in [0.2, 0.25) is 0 Å². The zero-order valence-electron chi connectivity index (χ0n) is 10.5. The summed E-state index contributed by atoms with van der Waals surface area (Å²) in [4.78, 5) is 0. The molecule has 0 saturated carbocycles. The van der Waals surface area contributed by atoms with Gasteiger partial charge in [0.1, 0.15) is 0 Å². The maximum absolute atomic E-state index is 5.42. The van der Waals surface area contributed by atoms with E-state index in [0.29, 0.717) is 5.92 Å². The smallest absolute Gasteiger partial charge is 0.0468 e. The summed E-state index contributed by atoms with van der Waals surface area (Å²) in [5.74, 6) is 1.49. The third kappa shape index (κ3) is 3.82. The maximum Gasteiger partial charge on any atom is 0.0468 e. The average molecular weight is 297 g/mol. The Morgan fingerprint density at radius 1 is 1.24 bits per heavy atom. The third-order valence-corrected chi connectivity index (χ3v) is 4.48. The van der Waals surface area contributed by atoms with E-state index >= 15 is 0 Å². The normalized spacial score (nSPS) is 19.2. The number of hydrogen-bond acceptors (Lipinski definition) is 1. The number of rotatable bonds is 4. The quantitative estimate of drug-likeness (QED) is 0.753. The monoisotopic (exact) mass is 296 g/mol. The molecule has 1 unspecified atom stereocenters. The Labute approximate surface area is 113 Å². The third-order valence-electron chi connectivity index (χ3n) is 3.69. The lowest BCUT2D eigenvalue weighted by Crippen LogP contribution is -2.18. The van der Waals surface area contributed by atoms with Crippen molar-refractivity contribution in [1.82, 2.24) is 0 Å². The summed E-state index contributed by atoms with van der Waals surface area (Å²) in [5.41, 5.74) is 2.81. The Kier molecular flexibility index (Phi) is 5.05. The first-order valence-electron chi connectivity index (χ1n) is 6.50. The van der Waals surface area contributed by atoms with Crippen LogP contribution in [0.4, 0.5) is 0 Å². The van der Waals surface area contributed by atoms with Gasteiger partial charge in [-0.3, -0.25) is 0 Å². The predicted molar refractivity (Wildman–Crippen MR) is 75.9 cm³/mol. The zero-order valence-corrected chi connectivity index (χ0v) is 12.1. The van der Waals surface area contributed by atoms with Gasteiger partial charge in [-0.2, -0.15) is 0 Å². The fourth-order valence-corrected chi connectivity index (χ4v) is 3.15. The summed E-state index contributed by atoms with van der Waals surface area (Å²) >= 11 is 3.67. The Balaban J connectivity index is 1.97. The van der Waals surface area contributed by atoms with E-state index in [-0.39, 0.29) is 0 Å². The molecule has 17 heavy (non-hydrogen) atoms. The molecule has 1 nitrogen and oxygen atoms in total. The summed E-state index contributed by atoms with van der Waals surface area (Å²) in [6.45, 7) is 4.05. The second-order valence-corrected chi connectivity index (χ2v) is 5.70. The van der Waals surface area contributed by atoms with Gasteiger partial charge >= 0.3 is 0 Å². The predicted octanol–water partition coefficient (Wildman–Crippen LogP) is 4.29. The van der Waals surface area contributed by atoms with E-state index in [0.717, 1.165) is 24.5 Å². The molecule has 0 N–H and O–H groups in total. The van der Waals surface area contributed by atoms with Gasteiger partial charge in [0, 0.05) is 18.5 Å². The Hall–Kier alpha value is -0.340. The van der Waals surface area contributed by atoms with E-state index in [1.165, 1.54) is 30.4 Å². The molecule has 1 atom stereocenters. The second kappa shape index (κ2) is 6.55. The Morgan fingerprint density at radius 2 is 1.88 bits per heavy atom. The molecule has 0 aromatic heterocycles. The number of benzene rings is 1. The van der Waals surface area contributed by atoms with Gasteiger partial charge in [0.05, 0.1) is 0 Å². The van der Waals surface area contributed by atoms with Crippen molar-refractivity contribution in [3.05, 3.63) is 35.4 Å². The fourth-order valence-electron chi connectivity index (χ4n) is 2.51. The Bertz CT molecular complexity index is 327. The highest BCUT2D eigenvalue weighted by Gasteiger charge is 2.19. The summed E-state index contributed by atoms with van der Waals surface area (Å²) in [6, 6.07) is 8.99. The number of hydrogen-bond donors (Lipinski definition) is 0. The van der Waals surface area contributed by atoms with Crippen LogP contribution >= 0.6 is 15.9 Å². The van der Waals surface area contributed by atoms with E-state index in [4.69, 9.17) is 4.74 Å². The lowest BCUT2D eigenvalue weighted by molar-refractivity contribution is 0.0623. The molecule has 0 bridgehead atoms. The van der Waals surface area contributed by atoms with Crippen LogP contribution in [0.15, 0.2) is 24.3 Å². The molecule has 1 heterocycles. The number of ether oxygens (including phenoxy) is 1. The number of alkyl halides is 1. The van der Waals surface area contributed by atoms with Gasteiger partial charge in [0.15, 0.2) is 0 Å². The van der Waals surface area contributed by atoms with E-state index in [1.807, 2.05) is 0 Å². The molecule has 1 aliphatic heterocycles. The van der Waals surface area contributed by atoms with Crippen LogP contribution in [0.1, 0.15) is 36.3 Å². The van der Waals surface area contributed by atoms with Crippen LogP contribution in [0.5, 0.6) is 0 Å². The van der Waals surface area contributed by atoms with E-state index in [2.05, 4.69) is 47.1 Å². The van der Waals surface area contributed by atoms with Gasteiger partial charge in [-0.05, 0) is 43.6 Å². The van der Waals surface area contributed by atoms with Gasteiger partial charge < -0.3 is 4.74 Å². The fraction of sp³-hybridized carbons (Fsp3) is 0.600. The van der Waals surface area contributed by atoms with Crippen molar-refractivity contribution in [3.63, 3.8) is 0 Å². The molecule has 2 heteroatoms. The molecule has 0 spiro atoms. The molecule has 1 fully saturated rings. The van der Waals surface area contributed by atoms with Crippen molar-refractivity contribution < 1.29 is 4.74 Å². The van der Waals surface area contributed by atoms with Crippen molar-refractivity contribution in [2.45, 2.75) is 32.1 Å². The van der Waals surface area contributed by atoms with Gasteiger partial charge in [0.2, 0.25) is 0 Å². The molecule has 1 aromatic carbocycles. The van der Waals surface area contributed by atoms with Gasteiger partial charge in [-0.25, -0.2) is 0 Å². The number of aryl methyl sites for hydroxylation is 1. The molecule has 0 aliphatic carbocycles. The van der Waals surface area contributed by atoms with E-state index in [9.17, 15) is 0 Å². The van der Waals surface area contributed by atoms with E-state index < -0.39 is 0 Å². The minimum atomic E-state index is 0.652. The van der Waals surface area contributed by atoms with Crippen LogP contribution in [-0.4, -0.2) is 18.5 Å². The molecular formula is C15H21BrO. The average Bonchev–Trinajstić information content (AvgIpc) is 2.38. The van der Waals surface area contributed by atoms with Crippen LogP contribution in [0.25, 0.3) is 0 Å². The first kappa shape index (κ1) is 13.1. The number of halogens is 1. The highest BCUT2D eigenvalue weighted by atomic mass is 79.9. The minimum Gasteiger partial charge on any atom is -0.381 e. The van der Waals surface area contributed by atoms with Crippen molar-refractivity contribution in [1.29, 1.82) is 0 Å². The highest BCUT2D eigenvalue weighted by Crippen LogP contribution is 2.30. The van der Waals surface area contributed by atoms with E-state index in [1.54, 1.807) is 0 Å². The minimum absolute atomic E-state index is 0.652. The highest BCUT2D eigenvalue weighted by molar-refractivity contribution is 9.09. The van der Waals surface area contributed by atoms with Gasteiger partial charge in [-0.15, -0.1) is 0 Å². The topological polar surface area (TPSA) is 9.23 Å². The van der Waals surface area contributed by atoms with Crippen LogP contribution in [-0.2, 0) is 4.74 Å². The molecule has 94 valence electrons. The van der Waals surface area contributed by atoms with Crippen molar-refractivity contribution >= 4 is 15.9 Å². The van der Waals surface area contributed by atoms with Crippen molar-refractivity contribution in [3.8, 4) is 0 Å². The van der Waals surface area contributed by atoms with Crippen LogP contribution in [0.3, 0.4) is 0 Å². The molecule has 1 aliphatic rings. The molecule has 1 saturated heterocycles. The lowest BCUT2D eigenvalue weighted by atomic mass is 9.86. The van der Waals surface area contributed by atoms with Crippen molar-refractivity contribution in [2.24, 2.45) is 5.92 Å². The second-order valence-electron chi connectivity index (χ2n) is 5.05. The van der Waals surface area contributed by atoms with Crippen LogP contribution < -0.4 is 0 Å². The van der Waals surface area contributed by atoms with Crippen molar-refractivity contribution in [2.75, 3.05) is 18.5 Å². The lowest BCUT2D eigenvalue weighted by Gasteiger charge is -2.26. The molecule has 2 rings (SSSR count). The molecule has 0 amide bonds. The summed E-state index contributed by atoms with van der Waals surface area (Å²) in [7, 11) is 0. The molecular weight excluding hydrogens is 276 g/mol. The molecule has 0 radical (unpaired) electrons. The summed E-state index contributed by atoms with van der Waals surface area (Å²) < 4.78 is 5.42. The molecule has 1 aromatic rings. The standard InChI is InChI=1S/C15H21BrO/c1-12-2-4-14(5-3-12)15(11-16)10-13-6-8-17-9-7-13/h2-5,13,15H,6-11H2,1H3. The summed E-state index contributed by atoms with van der Waals surface area (Å²) in [5, 5.41) is 1.06. The zero-order chi connectivity index (χ0) is 12.1. The maximum atomic E-state index is 5.42. The SMILES string of the molecule is Cc1ccc(C(CBr)CC2CCOCC2)cc1. The summed E-state index contributed by atoms with van der Waals surface area (Å²) in [6.07, 6.45) is 3.75. The van der Waals surface area contributed by atoms with Crippen LogP contribution in [0, 0.1) is 12.8 Å². The first-order valence-corrected chi connectivity index (χ1v) is 7.62. The van der Waals surface area contributed by atoms with Gasteiger partial charge in [0.25, 0.3) is 0 Å². The first-order chi connectivity index (χ1) is 8.29. The Morgan fingerprint density at radius 3 is 2.47 bits per heavy atom. The largest absolute Gasteiger partial charge is 0.381 e. The van der Waals surface area contributed by atoms with Gasteiger partial charge in [-0.1, -0.05) is 45.8 Å².